The molecular weight excluding hydrogens is 349 g/mol. The van der Waals surface area contributed by atoms with Gasteiger partial charge in [0.1, 0.15) is 11.5 Å². The molecule has 0 spiro atoms. The standard InChI is InChI=1S/C13H11ClINO/c14-13-7-12(4-1-9(13)8-16)17-11-5-2-10(15)3-6-11/h1-7H,8,16H2. The number of hydrogen-bond donors (Lipinski definition) is 1. The lowest BCUT2D eigenvalue weighted by atomic mass is 10.2. The summed E-state index contributed by atoms with van der Waals surface area (Å²) in [7, 11) is 0. The topological polar surface area (TPSA) is 35.2 Å². The average molecular weight is 360 g/mol. The van der Waals surface area contributed by atoms with Gasteiger partial charge in [0.15, 0.2) is 0 Å². The van der Waals surface area contributed by atoms with Gasteiger partial charge in [-0.1, -0.05) is 17.7 Å². The van der Waals surface area contributed by atoms with Crippen molar-refractivity contribution in [3.05, 3.63) is 56.6 Å². The molecule has 0 heterocycles. The van der Waals surface area contributed by atoms with Crippen molar-refractivity contribution in [1.29, 1.82) is 0 Å². The molecule has 0 aromatic heterocycles. The Bertz CT molecular complexity index is 513. The highest BCUT2D eigenvalue weighted by atomic mass is 127. The molecule has 0 fully saturated rings. The lowest BCUT2D eigenvalue weighted by molar-refractivity contribution is 0.482. The van der Waals surface area contributed by atoms with Crippen LogP contribution in [0.2, 0.25) is 5.02 Å². The minimum absolute atomic E-state index is 0.433. The van der Waals surface area contributed by atoms with E-state index < -0.39 is 0 Å². The van der Waals surface area contributed by atoms with Crippen LogP contribution in [0.3, 0.4) is 0 Å². The SMILES string of the molecule is NCc1ccc(Oc2ccc(I)cc2)cc1Cl. The second-order valence-electron chi connectivity index (χ2n) is 3.51. The minimum Gasteiger partial charge on any atom is -0.457 e. The molecule has 17 heavy (non-hydrogen) atoms. The summed E-state index contributed by atoms with van der Waals surface area (Å²) < 4.78 is 6.86. The Balaban J connectivity index is 2.19. The maximum atomic E-state index is 6.06. The molecule has 2 aromatic rings. The monoisotopic (exact) mass is 359 g/mol. The fourth-order valence-electron chi connectivity index (χ4n) is 1.40. The van der Waals surface area contributed by atoms with Gasteiger partial charge in [-0.2, -0.15) is 0 Å². The van der Waals surface area contributed by atoms with Crippen molar-refractivity contribution < 1.29 is 4.74 Å². The first-order valence-corrected chi connectivity index (χ1v) is 6.56. The number of halogens is 2. The summed E-state index contributed by atoms with van der Waals surface area (Å²) in [5.74, 6) is 1.51. The zero-order valence-corrected chi connectivity index (χ0v) is 11.9. The van der Waals surface area contributed by atoms with Crippen LogP contribution in [0, 0.1) is 3.57 Å². The van der Waals surface area contributed by atoms with Crippen molar-refractivity contribution in [3.63, 3.8) is 0 Å². The van der Waals surface area contributed by atoms with Crippen molar-refractivity contribution in [3.8, 4) is 11.5 Å². The van der Waals surface area contributed by atoms with Crippen LogP contribution < -0.4 is 10.5 Å². The molecule has 0 radical (unpaired) electrons. The third-order valence-corrected chi connectivity index (χ3v) is 3.36. The van der Waals surface area contributed by atoms with Gasteiger partial charge in [-0.05, 0) is 64.6 Å². The van der Waals surface area contributed by atoms with Gasteiger partial charge in [-0.15, -0.1) is 0 Å². The Kier molecular flexibility index (Phi) is 4.25. The lowest BCUT2D eigenvalue weighted by Crippen LogP contribution is -1.97. The number of nitrogens with two attached hydrogens (primary N) is 1. The van der Waals surface area contributed by atoms with E-state index in [1.807, 2.05) is 36.4 Å². The predicted octanol–water partition coefficient (Wildman–Crippen LogP) is 4.20. The fraction of sp³-hybridized carbons (Fsp3) is 0.0769. The van der Waals surface area contributed by atoms with Gasteiger partial charge in [0.2, 0.25) is 0 Å². The largest absolute Gasteiger partial charge is 0.457 e. The smallest absolute Gasteiger partial charge is 0.128 e. The van der Waals surface area contributed by atoms with Crippen molar-refractivity contribution in [2.24, 2.45) is 5.73 Å². The third-order valence-electron chi connectivity index (χ3n) is 2.29. The summed E-state index contributed by atoms with van der Waals surface area (Å²) in [6.45, 7) is 0.433. The quantitative estimate of drug-likeness (QED) is 0.834. The van der Waals surface area contributed by atoms with Crippen LogP contribution in [0.4, 0.5) is 0 Å². The molecule has 0 saturated carbocycles. The van der Waals surface area contributed by atoms with Crippen molar-refractivity contribution in [1.82, 2.24) is 0 Å². The Morgan fingerprint density at radius 2 is 1.71 bits per heavy atom. The van der Waals surface area contributed by atoms with Gasteiger partial charge in [0, 0.05) is 15.1 Å². The first-order valence-electron chi connectivity index (χ1n) is 5.11. The Morgan fingerprint density at radius 1 is 1.06 bits per heavy atom. The third kappa shape index (κ3) is 3.34. The summed E-state index contributed by atoms with van der Waals surface area (Å²) in [6.07, 6.45) is 0. The van der Waals surface area contributed by atoms with E-state index >= 15 is 0 Å². The fourth-order valence-corrected chi connectivity index (χ4v) is 2.00. The van der Waals surface area contributed by atoms with Crippen LogP contribution in [0.25, 0.3) is 0 Å². The maximum absolute atomic E-state index is 6.06. The maximum Gasteiger partial charge on any atom is 0.128 e. The van der Waals surface area contributed by atoms with E-state index in [4.69, 9.17) is 22.1 Å². The molecule has 0 saturated heterocycles. The normalized spacial score (nSPS) is 10.3. The summed E-state index contributed by atoms with van der Waals surface area (Å²) in [5, 5.41) is 0.635. The molecule has 0 atom stereocenters. The van der Waals surface area contributed by atoms with E-state index in [1.165, 1.54) is 3.57 Å². The van der Waals surface area contributed by atoms with Crippen LogP contribution in [0.5, 0.6) is 11.5 Å². The van der Waals surface area contributed by atoms with Crippen LogP contribution in [0.1, 0.15) is 5.56 Å². The van der Waals surface area contributed by atoms with Crippen LogP contribution in [0.15, 0.2) is 42.5 Å². The highest BCUT2D eigenvalue weighted by Crippen LogP contribution is 2.26. The molecule has 4 heteroatoms. The van der Waals surface area contributed by atoms with E-state index in [-0.39, 0.29) is 0 Å². The average Bonchev–Trinajstić information content (AvgIpc) is 2.32. The predicted molar refractivity (Wildman–Crippen MR) is 78.6 cm³/mol. The molecule has 0 unspecified atom stereocenters. The minimum atomic E-state index is 0.433. The van der Waals surface area contributed by atoms with Crippen LogP contribution in [-0.4, -0.2) is 0 Å². The van der Waals surface area contributed by atoms with Crippen molar-refractivity contribution in [2.75, 3.05) is 0 Å². The van der Waals surface area contributed by atoms with E-state index in [9.17, 15) is 0 Å². The van der Waals surface area contributed by atoms with Crippen LogP contribution >= 0.6 is 34.2 Å². The lowest BCUT2D eigenvalue weighted by Gasteiger charge is -2.08. The molecule has 2 N–H and O–H groups in total. The van der Waals surface area contributed by atoms with Crippen molar-refractivity contribution in [2.45, 2.75) is 6.54 Å². The first kappa shape index (κ1) is 12.7. The Hall–Kier alpha value is -0.780. The molecule has 0 aliphatic heterocycles. The molecule has 2 nitrogen and oxygen atoms in total. The molecule has 0 bridgehead atoms. The zero-order chi connectivity index (χ0) is 12.3. The zero-order valence-electron chi connectivity index (χ0n) is 8.99. The molecule has 2 rings (SSSR count). The summed E-state index contributed by atoms with van der Waals surface area (Å²) in [5.41, 5.74) is 6.46. The number of hydrogen-bond acceptors (Lipinski definition) is 2. The number of benzene rings is 2. The van der Waals surface area contributed by atoms with Gasteiger partial charge in [-0.3, -0.25) is 0 Å². The molecule has 0 amide bonds. The number of ether oxygens (including phenoxy) is 1. The summed E-state index contributed by atoms with van der Waals surface area (Å²) in [6, 6.07) is 13.4. The van der Waals surface area contributed by atoms with Gasteiger partial charge in [0.25, 0.3) is 0 Å². The van der Waals surface area contributed by atoms with Gasteiger partial charge >= 0.3 is 0 Å². The molecule has 0 aliphatic carbocycles. The van der Waals surface area contributed by atoms with E-state index in [0.29, 0.717) is 17.3 Å². The Labute approximate surface area is 119 Å². The number of rotatable bonds is 3. The second kappa shape index (κ2) is 5.71. The van der Waals surface area contributed by atoms with E-state index in [2.05, 4.69) is 22.6 Å². The summed E-state index contributed by atoms with van der Waals surface area (Å²) >= 11 is 8.31. The summed E-state index contributed by atoms with van der Waals surface area (Å²) in [4.78, 5) is 0. The van der Waals surface area contributed by atoms with Gasteiger partial charge in [-0.25, -0.2) is 0 Å². The van der Waals surface area contributed by atoms with Gasteiger partial charge < -0.3 is 10.5 Å². The highest BCUT2D eigenvalue weighted by Gasteiger charge is 2.02. The van der Waals surface area contributed by atoms with Crippen molar-refractivity contribution >= 4 is 34.2 Å². The second-order valence-corrected chi connectivity index (χ2v) is 5.17. The Morgan fingerprint density at radius 3 is 2.29 bits per heavy atom. The van der Waals surface area contributed by atoms with E-state index in [0.717, 1.165) is 11.3 Å². The highest BCUT2D eigenvalue weighted by molar-refractivity contribution is 14.1. The molecular formula is C13H11ClINO. The molecule has 2 aromatic carbocycles. The van der Waals surface area contributed by atoms with Gasteiger partial charge in [0.05, 0.1) is 0 Å². The molecule has 88 valence electrons. The van der Waals surface area contributed by atoms with Crippen LogP contribution in [-0.2, 0) is 6.54 Å². The van der Waals surface area contributed by atoms with E-state index in [1.54, 1.807) is 6.07 Å². The molecule has 0 aliphatic rings. The first-order chi connectivity index (χ1) is 8.19.